The second-order valence-corrected chi connectivity index (χ2v) is 7.11. The minimum Gasteiger partial charge on any atom is -0.352 e. The molecule has 1 aliphatic heterocycles. The number of fused-ring (bicyclic) bond motifs is 1. The molecule has 0 bridgehead atoms. The monoisotopic (exact) mass is 343 g/mol. The van der Waals surface area contributed by atoms with Crippen LogP contribution in [0.5, 0.6) is 0 Å². The molecule has 1 aliphatic carbocycles. The maximum atomic E-state index is 12.7. The molecule has 8 nitrogen and oxygen atoms in total. The Kier molecular flexibility index (Phi) is 4.07. The Bertz CT molecular complexity index is 794. The third kappa shape index (κ3) is 2.84. The molecule has 2 N–H and O–H groups in total. The van der Waals surface area contributed by atoms with E-state index in [0.717, 1.165) is 55.0 Å². The number of nitrogens with zero attached hydrogens (tertiary/aromatic N) is 6. The van der Waals surface area contributed by atoms with E-state index in [9.17, 15) is 4.79 Å². The molecular weight excluding hydrogens is 318 g/mol. The van der Waals surface area contributed by atoms with Gasteiger partial charge in [0.1, 0.15) is 11.6 Å². The predicted octanol–water partition coefficient (Wildman–Crippen LogP) is 0.448. The van der Waals surface area contributed by atoms with Gasteiger partial charge in [-0.05, 0) is 19.8 Å². The molecule has 2 aliphatic rings. The molecule has 0 radical (unpaired) electrons. The van der Waals surface area contributed by atoms with Gasteiger partial charge in [0.2, 0.25) is 5.91 Å². The lowest BCUT2D eigenvalue weighted by Crippen LogP contribution is -2.52. The van der Waals surface area contributed by atoms with E-state index >= 15 is 0 Å². The molecule has 8 heteroatoms. The third-order valence-corrected chi connectivity index (χ3v) is 5.46. The standard InChI is InChI=1S/C17H25N7O/c1-11-20-15-13(10-19-22(15)2)16(21-11)23-6-8-24(9-7-23)17(25)12-4-3-5-14(12)18/h10,12,14H,3-9,18H2,1-2H3/t12-,14+/m1/s1. The molecule has 4 rings (SSSR count). The van der Waals surface area contributed by atoms with Crippen molar-refractivity contribution in [3.63, 3.8) is 0 Å². The Morgan fingerprint density at radius 1 is 1.20 bits per heavy atom. The van der Waals surface area contributed by atoms with E-state index in [0.29, 0.717) is 13.1 Å². The number of nitrogens with two attached hydrogens (primary N) is 1. The van der Waals surface area contributed by atoms with Gasteiger partial charge in [-0.3, -0.25) is 9.48 Å². The molecule has 134 valence electrons. The number of aryl methyl sites for hydroxylation is 2. The molecule has 1 saturated carbocycles. The van der Waals surface area contributed by atoms with Crippen molar-refractivity contribution in [2.45, 2.75) is 32.2 Å². The number of carbonyl (C=O) groups excluding carboxylic acids is 1. The summed E-state index contributed by atoms with van der Waals surface area (Å²) in [6, 6.07) is 0.0325. The van der Waals surface area contributed by atoms with E-state index in [1.54, 1.807) is 4.68 Å². The Hall–Kier alpha value is -2.22. The van der Waals surface area contributed by atoms with Crippen molar-refractivity contribution in [1.82, 2.24) is 24.6 Å². The van der Waals surface area contributed by atoms with Crippen LogP contribution in [0.4, 0.5) is 5.82 Å². The summed E-state index contributed by atoms with van der Waals surface area (Å²) >= 11 is 0. The first-order chi connectivity index (χ1) is 12.0. The highest BCUT2D eigenvalue weighted by atomic mass is 16.2. The summed E-state index contributed by atoms with van der Waals surface area (Å²) in [6.45, 7) is 4.87. The highest BCUT2D eigenvalue weighted by Crippen LogP contribution is 2.28. The number of rotatable bonds is 2. The predicted molar refractivity (Wildman–Crippen MR) is 95.2 cm³/mol. The summed E-state index contributed by atoms with van der Waals surface area (Å²) < 4.78 is 1.77. The van der Waals surface area contributed by atoms with Gasteiger partial charge in [0.05, 0.1) is 17.5 Å². The van der Waals surface area contributed by atoms with Crippen molar-refractivity contribution in [1.29, 1.82) is 0 Å². The minimum absolute atomic E-state index is 0.0119. The number of piperazine rings is 1. The van der Waals surface area contributed by atoms with Crippen molar-refractivity contribution in [2.75, 3.05) is 31.1 Å². The van der Waals surface area contributed by atoms with Crippen LogP contribution in [0, 0.1) is 12.8 Å². The van der Waals surface area contributed by atoms with Crippen LogP contribution in [0.2, 0.25) is 0 Å². The van der Waals surface area contributed by atoms with Crippen molar-refractivity contribution in [3.05, 3.63) is 12.0 Å². The molecule has 0 unspecified atom stereocenters. The van der Waals surface area contributed by atoms with Crippen molar-refractivity contribution in [3.8, 4) is 0 Å². The first-order valence-corrected chi connectivity index (χ1v) is 9.00. The largest absolute Gasteiger partial charge is 0.352 e. The maximum Gasteiger partial charge on any atom is 0.227 e. The van der Waals surface area contributed by atoms with Crippen LogP contribution in [-0.4, -0.2) is 62.8 Å². The van der Waals surface area contributed by atoms with Crippen LogP contribution < -0.4 is 10.6 Å². The lowest BCUT2D eigenvalue weighted by atomic mass is 10.0. The molecule has 2 aromatic rings. The van der Waals surface area contributed by atoms with Gasteiger partial charge in [-0.2, -0.15) is 5.10 Å². The van der Waals surface area contributed by atoms with E-state index in [1.807, 2.05) is 25.1 Å². The SMILES string of the molecule is Cc1nc(N2CCN(C(=O)[C@@H]3CCC[C@@H]3N)CC2)c2cnn(C)c2n1. The zero-order valence-electron chi connectivity index (χ0n) is 14.9. The smallest absolute Gasteiger partial charge is 0.227 e. The zero-order chi connectivity index (χ0) is 17.6. The molecule has 2 fully saturated rings. The fraction of sp³-hybridized carbons (Fsp3) is 0.647. The lowest BCUT2D eigenvalue weighted by molar-refractivity contribution is -0.136. The van der Waals surface area contributed by atoms with Crippen LogP contribution in [0.1, 0.15) is 25.1 Å². The molecule has 2 atom stereocenters. The highest BCUT2D eigenvalue weighted by molar-refractivity contribution is 5.87. The van der Waals surface area contributed by atoms with Crippen molar-refractivity contribution in [2.24, 2.45) is 18.7 Å². The summed E-state index contributed by atoms with van der Waals surface area (Å²) in [7, 11) is 1.89. The fourth-order valence-corrected chi connectivity index (χ4v) is 4.02. The molecule has 1 saturated heterocycles. The Labute approximate surface area is 147 Å². The Morgan fingerprint density at radius 3 is 2.64 bits per heavy atom. The number of aromatic nitrogens is 4. The average molecular weight is 343 g/mol. The number of hydrogen-bond acceptors (Lipinski definition) is 6. The van der Waals surface area contributed by atoms with Crippen LogP contribution in [-0.2, 0) is 11.8 Å². The first kappa shape index (κ1) is 16.3. The molecule has 3 heterocycles. The topological polar surface area (TPSA) is 93.2 Å². The summed E-state index contributed by atoms with van der Waals surface area (Å²) in [5.74, 6) is 1.90. The number of anilines is 1. The molecule has 2 aromatic heterocycles. The van der Waals surface area contributed by atoms with Gasteiger partial charge in [0, 0.05) is 39.3 Å². The Morgan fingerprint density at radius 2 is 1.96 bits per heavy atom. The first-order valence-electron chi connectivity index (χ1n) is 9.00. The van der Waals surface area contributed by atoms with Crippen LogP contribution in [0.25, 0.3) is 11.0 Å². The Balaban J connectivity index is 1.50. The summed E-state index contributed by atoms with van der Waals surface area (Å²) in [5.41, 5.74) is 6.95. The molecule has 0 spiro atoms. The normalized spacial score (nSPS) is 24.3. The minimum atomic E-state index is 0.0119. The van der Waals surface area contributed by atoms with Gasteiger partial charge in [-0.15, -0.1) is 0 Å². The van der Waals surface area contributed by atoms with Gasteiger partial charge in [0.25, 0.3) is 0 Å². The van der Waals surface area contributed by atoms with Gasteiger partial charge in [0.15, 0.2) is 5.65 Å². The molecule has 0 aromatic carbocycles. The van der Waals surface area contributed by atoms with Gasteiger partial charge >= 0.3 is 0 Å². The van der Waals surface area contributed by atoms with E-state index in [-0.39, 0.29) is 17.9 Å². The summed E-state index contributed by atoms with van der Waals surface area (Å²) in [6.07, 6.45) is 4.78. The number of carbonyl (C=O) groups is 1. The average Bonchev–Trinajstić information content (AvgIpc) is 3.20. The van der Waals surface area contributed by atoms with Crippen molar-refractivity contribution >= 4 is 22.8 Å². The summed E-state index contributed by atoms with van der Waals surface area (Å²) in [5, 5.41) is 5.27. The highest BCUT2D eigenvalue weighted by Gasteiger charge is 2.34. The van der Waals surface area contributed by atoms with E-state index in [4.69, 9.17) is 5.73 Å². The van der Waals surface area contributed by atoms with Gasteiger partial charge in [-0.25, -0.2) is 9.97 Å². The molecule has 25 heavy (non-hydrogen) atoms. The van der Waals surface area contributed by atoms with Crippen LogP contribution >= 0.6 is 0 Å². The van der Waals surface area contributed by atoms with E-state index in [1.165, 1.54) is 0 Å². The number of amides is 1. The second-order valence-electron chi connectivity index (χ2n) is 7.11. The van der Waals surface area contributed by atoms with E-state index in [2.05, 4.69) is 20.0 Å². The maximum absolute atomic E-state index is 12.7. The lowest BCUT2D eigenvalue weighted by Gasteiger charge is -2.37. The quantitative estimate of drug-likeness (QED) is 0.851. The zero-order valence-corrected chi connectivity index (χ0v) is 14.9. The van der Waals surface area contributed by atoms with Gasteiger partial charge < -0.3 is 15.5 Å². The molecule has 1 amide bonds. The fourth-order valence-electron chi connectivity index (χ4n) is 4.02. The number of hydrogen-bond donors (Lipinski definition) is 1. The van der Waals surface area contributed by atoms with Crippen LogP contribution in [0.3, 0.4) is 0 Å². The third-order valence-electron chi connectivity index (χ3n) is 5.46. The molecular formula is C17H25N7O. The van der Waals surface area contributed by atoms with Gasteiger partial charge in [-0.1, -0.05) is 6.42 Å². The van der Waals surface area contributed by atoms with Crippen LogP contribution in [0.15, 0.2) is 6.20 Å². The van der Waals surface area contributed by atoms with E-state index < -0.39 is 0 Å². The second kappa shape index (κ2) is 6.25. The summed E-state index contributed by atoms with van der Waals surface area (Å²) in [4.78, 5) is 26.0. The van der Waals surface area contributed by atoms with Crippen molar-refractivity contribution < 1.29 is 4.79 Å².